The average Bonchev–Trinajstić information content (AvgIpc) is 2.98. The summed E-state index contributed by atoms with van der Waals surface area (Å²) in [6.45, 7) is 6.12. The van der Waals surface area contributed by atoms with E-state index in [1.807, 2.05) is 21.6 Å². The van der Waals surface area contributed by atoms with Gasteiger partial charge in [-0.15, -0.1) is 0 Å². The Labute approximate surface area is 142 Å². The van der Waals surface area contributed by atoms with Crippen molar-refractivity contribution in [3.63, 3.8) is 0 Å². The van der Waals surface area contributed by atoms with Crippen molar-refractivity contribution in [2.75, 3.05) is 79.0 Å². The zero-order valence-corrected chi connectivity index (χ0v) is 15.8. The number of rotatable bonds is 7. The lowest BCUT2D eigenvalue weighted by Gasteiger charge is -2.15. The largest absolute Gasteiger partial charge is 0.344 e. The Hall–Kier alpha value is -0.760. The average molecular weight is 345 g/mol. The van der Waals surface area contributed by atoms with Crippen LogP contribution < -0.4 is 0 Å². The van der Waals surface area contributed by atoms with E-state index in [0.29, 0.717) is 0 Å². The van der Waals surface area contributed by atoms with Crippen LogP contribution in [0.3, 0.4) is 0 Å². The summed E-state index contributed by atoms with van der Waals surface area (Å²) in [6.07, 6.45) is 0. The molecule has 8 heteroatoms. The summed E-state index contributed by atoms with van der Waals surface area (Å²) in [5.74, 6) is 4.38. The fourth-order valence-corrected chi connectivity index (χ4v) is 4.27. The van der Waals surface area contributed by atoms with Gasteiger partial charge in [0.15, 0.2) is 11.9 Å². The van der Waals surface area contributed by atoms with Gasteiger partial charge in [-0.2, -0.15) is 0 Å². The molecule has 6 nitrogen and oxygen atoms in total. The van der Waals surface area contributed by atoms with Crippen LogP contribution in [0.4, 0.5) is 0 Å². The molecule has 0 amide bonds. The van der Waals surface area contributed by atoms with E-state index in [2.05, 4.69) is 57.8 Å². The summed E-state index contributed by atoms with van der Waals surface area (Å²) in [7, 11) is 12.2. The van der Waals surface area contributed by atoms with Crippen molar-refractivity contribution in [1.29, 1.82) is 0 Å². The van der Waals surface area contributed by atoms with Crippen molar-refractivity contribution in [2.24, 2.45) is 9.98 Å². The van der Waals surface area contributed by atoms with Gasteiger partial charge in [-0.25, -0.2) is 0 Å². The van der Waals surface area contributed by atoms with Crippen LogP contribution in [0, 0.1) is 0 Å². The molecule has 2 rings (SSSR count). The van der Waals surface area contributed by atoms with Gasteiger partial charge in [0.1, 0.15) is 0 Å². The lowest BCUT2D eigenvalue weighted by molar-refractivity contribution is 0.553. The van der Waals surface area contributed by atoms with E-state index in [1.165, 1.54) is 0 Å². The number of aliphatic imine (C=N–C) groups is 2. The first-order valence-corrected chi connectivity index (χ1v) is 10.3. The molecule has 0 aliphatic carbocycles. The second-order valence-electron chi connectivity index (χ2n) is 5.69. The van der Waals surface area contributed by atoms with E-state index in [9.17, 15) is 0 Å². The Morgan fingerprint density at radius 3 is 1.32 bits per heavy atom. The van der Waals surface area contributed by atoms with E-state index >= 15 is 0 Å². The minimum Gasteiger partial charge on any atom is -0.344 e. The van der Waals surface area contributed by atoms with Gasteiger partial charge >= 0.3 is 0 Å². The van der Waals surface area contributed by atoms with Crippen LogP contribution in [-0.2, 0) is 0 Å². The molecular formula is C14H28N6S2. The Kier molecular flexibility index (Phi) is 7.01. The summed E-state index contributed by atoms with van der Waals surface area (Å²) in [6, 6.07) is 0. The molecule has 2 aliphatic rings. The minimum atomic E-state index is 0.891. The highest BCUT2D eigenvalue weighted by Gasteiger charge is 2.19. The van der Waals surface area contributed by atoms with Crippen molar-refractivity contribution in [2.45, 2.75) is 0 Å². The van der Waals surface area contributed by atoms with Crippen molar-refractivity contribution in [3.05, 3.63) is 0 Å². The SMILES string of the molecule is CN1CCN(C)C1=NCCSSCCN=C1N(C)CCN1C. The fourth-order valence-electron chi connectivity index (χ4n) is 2.55. The predicted octanol–water partition coefficient (Wildman–Crippen LogP) is 0.834. The minimum absolute atomic E-state index is 0.891. The second kappa shape index (κ2) is 8.76. The Morgan fingerprint density at radius 2 is 1.00 bits per heavy atom. The smallest absolute Gasteiger partial charge is 0.196 e. The normalized spacial score (nSPS) is 18.7. The molecule has 0 saturated carbocycles. The number of hydrogen-bond acceptors (Lipinski definition) is 4. The molecule has 126 valence electrons. The maximum absolute atomic E-state index is 4.68. The van der Waals surface area contributed by atoms with Crippen LogP contribution in [0.15, 0.2) is 9.98 Å². The molecule has 2 aliphatic heterocycles. The topological polar surface area (TPSA) is 37.7 Å². The van der Waals surface area contributed by atoms with Crippen molar-refractivity contribution in [1.82, 2.24) is 19.6 Å². The number of likely N-dealkylation sites (N-methyl/N-ethyl adjacent to an activating group) is 4. The van der Waals surface area contributed by atoms with Crippen LogP contribution in [0.2, 0.25) is 0 Å². The maximum atomic E-state index is 4.68. The summed E-state index contributed by atoms with van der Waals surface area (Å²) < 4.78 is 0. The molecule has 0 radical (unpaired) electrons. The van der Waals surface area contributed by atoms with Crippen molar-refractivity contribution in [3.8, 4) is 0 Å². The Bertz CT molecular complexity index is 352. The molecule has 0 unspecified atom stereocenters. The second-order valence-corrected chi connectivity index (χ2v) is 8.40. The first-order chi connectivity index (χ1) is 10.6. The summed E-state index contributed by atoms with van der Waals surface area (Å²) in [5.41, 5.74) is 0. The van der Waals surface area contributed by atoms with Gasteiger partial charge in [-0.3, -0.25) is 9.98 Å². The van der Waals surface area contributed by atoms with Crippen LogP contribution in [0.1, 0.15) is 0 Å². The lowest BCUT2D eigenvalue weighted by atomic mass is 10.6. The Morgan fingerprint density at radius 1 is 0.682 bits per heavy atom. The third kappa shape index (κ3) is 4.87. The number of nitrogens with zero attached hydrogens (tertiary/aromatic N) is 6. The van der Waals surface area contributed by atoms with Gasteiger partial charge in [0.05, 0.1) is 13.1 Å². The van der Waals surface area contributed by atoms with Crippen LogP contribution in [-0.4, -0.2) is 110 Å². The van der Waals surface area contributed by atoms with Crippen molar-refractivity contribution < 1.29 is 0 Å². The van der Waals surface area contributed by atoms with Crippen molar-refractivity contribution >= 4 is 33.5 Å². The highest BCUT2D eigenvalue weighted by Crippen LogP contribution is 2.20. The van der Waals surface area contributed by atoms with Crippen LogP contribution in [0.5, 0.6) is 0 Å². The third-order valence-corrected chi connectivity index (χ3v) is 6.21. The van der Waals surface area contributed by atoms with Gasteiger partial charge < -0.3 is 19.6 Å². The van der Waals surface area contributed by atoms with Gasteiger partial charge in [-0.1, -0.05) is 21.6 Å². The van der Waals surface area contributed by atoms with Gasteiger partial charge in [-0.05, 0) is 0 Å². The zero-order chi connectivity index (χ0) is 15.9. The lowest BCUT2D eigenvalue weighted by Crippen LogP contribution is -2.28. The number of guanidine groups is 2. The molecule has 0 aromatic carbocycles. The van der Waals surface area contributed by atoms with E-state index in [1.54, 1.807) is 0 Å². The van der Waals surface area contributed by atoms with Gasteiger partial charge in [0, 0.05) is 65.9 Å². The first-order valence-electron chi connectivity index (χ1n) is 7.77. The summed E-state index contributed by atoms with van der Waals surface area (Å²) in [4.78, 5) is 18.3. The quantitative estimate of drug-likeness (QED) is 0.503. The molecule has 2 fully saturated rings. The summed E-state index contributed by atoms with van der Waals surface area (Å²) in [5, 5.41) is 0. The van der Waals surface area contributed by atoms with E-state index < -0.39 is 0 Å². The molecule has 2 saturated heterocycles. The number of hydrogen-bond donors (Lipinski definition) is 0. The zero-order valence-electron chi connectivity index (χ0n) is 14.2. The molecule has 0 atom stereocenters. The Balaban J connectivity index is 1.55. The molecule has 0 aromatic heterocycles. The highest BCUT2D eigenvalue weighted by atomic mass is 33.1. The fraction of sp³-hybridized carbons (Fsp3) is 0.857. The highest BCUT2D eigenvalue weighted by molar-refractivity contribution is 8.76. The van der Waals surface area contributed by atoms with Crippen LogP contribution in [0.25, 0.3) is 0 Å². The van der Waals surface area contributed by atoms with E-state index in [0.717, 1.165) is 62.7 Å². The van der Waals surface area contributed by atoms with Gasteiger partial charge in [0.2, 0.25) is 0 Å². The predicted molar refractivity (Wildman–Crippen MR) is 100 cm³/mol. The van der Waals surface area contributed by atoms with E-state index in [4.69, 9.17) is 0 Å². The molecule has 2 heterocycles. The molecule has 0 N–H and O–H groups in total. The van der Waals surface area contributed by atoms with Gasteiger partial charge in [0.25, 0.3) is 0 Å². The standard InChI is InChI=1S/C14H28N6S2/c1-17-7-8-18(2)13(17)15-5-11-21-22-12-6-16-14-19(3)9-10-20(14)4/h5-12H2,1-4H3. The molecule has 0 spiro atoms. The third-order valence-electron chi connectivity index (χ3n) is 3.85. The molecule has 22 heavy (non-hydrogen) atoms. The monoisotopic (exact) mass is 344 g/mol. The molecule has 0 bridgehead atoms. The molecule has 0 aromatic rings. The van der Waals surface area contributed by atoms with E-state index in [-0.39, 0.29) is 0 Å². The molecular weight excluding hydrogens is 316 g/mol. The van der Waals surface area contributed by atoms with Crippen LogP contribution >= 0.6 is 21.6 Å². The first kappa shape index (κ1) is 17.6. The summed E-state index contributed by atoms with van der Waals surface area (Å²) >= 11 is 0. The maximum Gasteiger partial charge on any atom is 0.196 e.